The third-order valence-electron chi connectivity index (χ3n) is 5.20. The summed E-state index contributed by atoms with van der Waals surface area (Å²) in [6.45, 7) is 1.43. The number of nitrogens with zero attached hydrogens (tertiary/aromatic N) is 2. The Morgan fingerprint density at radius 3 is 2.28 bits per heavy atom. The molecule has 0 spiro atoms. The molecule has 7 nitrogen and oxygen atoms in total. The number of nitrogens with one attached hydrogen (secondary N) is 1. The van der Waals surface area contributed by atoms with Gasteiger partial charge in [-0.05, 0) is 24.3 Å². The number of hydrogen-bond acceptors (Lipinski definition) is 4. The normalized spacial score (nSPS) is 14.1. The molecule has 7 heteroatoms. The second kappa shape index (κ2) is 7.79. The molecule has 1 fully saturated rings. The van der Waals surface area contributed by atoms with Gasteiger partial charge in [0.2, 0.25) is 0 Å². The lowest BCUT2D eigenvalue weighted by atomic mass is 10.1. The van der Waals surface area contributed by atoms with E-state index >= 15 is 0 Å². The first kappa shape index (κ1) is 18.7. The maximum Gasteiger partial charge on any atom is 0.295 e. The van der Waals surface area contributed by atoms with Gasteiger partial charge < -0.3 is 19.5 Å². The molecule has 0 unspecified atom stereocenters. The van der Waals surface area contributed by atoms with E-state index in [1.54, 1.807) is 29.3 Å². The number of carbonyl (C=O) groups excluding carboxylic acids is 3. The average molecular weight is 391 g/mol. The molecule has 1 aliphatic rings. The third kappa shape index (κ3) is 3.47. The first-order valence-corrected chi connectivity index (χ1v) is 9.42. The van der Waals surface area contributed by atoms with Crippen LogP contribution in [0.2, 0.25) is 0 Å². The van der Waals surface area contributed by atoms with Gasteiger partial charge in [-0.15, -0.1) is 0 Å². The second-order valence-corrected chi connectivity index (χ2v) is 6.86. The predicted octanol–water partition coefficient (Wildman–Crippen LogP) is 2.34. The number of aromatic amines is 1. The third-order valence-corrected chi connectivity index (χ3v) is 5.20. The average Bonchev–Trinajstić information content (AvgIpc) is 3.22. The Bertz CT molecular complexity index is 1070. The van der Waals surface area contributed by atoms with Crippen LogP contribution in [0.4, 0.5) is 0 Å². The van der Waals surface area contributed by atoms with Gasteiger partial charge in [0, 0.05) is 43.5 Å². The lowest BCUT2D eigenvalue weighted by Crippen LogP contribution is -2.52. The van der Waals surface area contributed by atoms with E-state index in [9.17, 15) is 14.4 Å². The van der Waals surface area contributed by atoms with Gasteiger partial charge in [-0.25, -0.2) is 0 Å². The number of piperazine rings is 1. The number of benzene rings is 2. The number of ether oxygens (including phenoxy) is 1. The molecule has 1 N–H and O–H groups in total. The lowest BCUT2D eigenvalue weighted by Gasteiger charge is -2.34. The van der Waals surface area contributed by atoms with Crippen molar-refractivity contribution in [3.63, 3.8) is 0 Å². The van der Waals surface area contributed by atoms with Gasteiger partial charge in [0.25, 0.3) is 17.6 Å². The van der Waals surface area contributed by atoms with Crippen molar-refractivity contribution in [1.29, 1.82) is 0 Å². The zero-order valence-electron chi connectivity index (χ0n) is 16.1. The summed E-state index contributed by atoms with van der Waals surface area (Å²) in [5, 5.41) is 0.603. The van der Waals surface area contributed by atoms with Crippen LogP contribution in [-0.4, -0.2) is 65.7 Å². The van der Waals surface area contributed by atoms with Crippen LogP contribution in [0.5, 0.6) is 5.75 Å². The van der Waals surface area contributed by atoms with Gasteiger partial charge in [0.1, 0.15) is 5.75 Å². The van der Waals surface area contributed by atoms with E-state index in [0.29, 0.717) is 48.4 Å². The van der Waals surface area contributed by atoms with E-state index in [2.05, 4.69) is 4.98 Å². The maximum absolute atomic E-state index is 12.9. The van der Waals surface area contributed by atoms with Crippen LogP contribution in [0.15, 0.2) is 54.7 Å². The molecule has 148 valence electrons. The van der Waals surface area contributed by atoms with Crippen LogP contribution in [0.3, 0.4) is 0 Å². The van der Waals surface area contributed by atoms with E-state index in [0.717, 1.165) is 5.52 Å². The minimum Gasteiger partial charge on any atom is -0.496 e. The molecule has 0 saturated carbocycles. The van der Waals surface area contributed by atoms with E-state index in [-0.39, 0.29) is 5.91 Å². The summed E-state index contributed by atoms with van der Waals surface area (Å²) in [5.41, 5.74) is 1.65. The molecule has 3 aromatic rings. The largest absolute Gasteiger partial charge is 0.496 e. The highest BCUT2D eigenvalue weighted by atomic mass is 16.5. The zero-order chi connectivity index (χ0) is 20.4. The quantitative estimate of drug-likeness (QED) is 0.547. The first-order chi connectivity index (χ1) is 14.1. The van der Waals surface area contributed by atoms with Crippen LogP contribution in [-0.2, 0) is 4.79 Å². The monoisotopic (exact) mass is 391 g/mol. The Morgan fingerprint density at radius 2 is 1.59 bits per heavy atom. The molecule has 1 saturated heterocycles. The zero-order valence-corrected chi connectivity index (χ0v) is 16.1. The molecule has 1 aromatic heterocycles. The summed E-state index contributed by atoms with van der Waals surface area (Å²) in [6.07, 6.45) is 1.54. The highest BCUT2D eigenvalue weighted by Crippen LogP contribution is 2.29. The summed E-state index contributed by atoms with van der Waals surface area (Å²) in [5.74, 6) is -0.671. The second-order valence-electron chi connectivity index (χ2n) is 6.86. The van der Waals surface area contributed by atoms with Crippen molar-refractivity contribution in [1.82, 2.24) is 14.8 Å². The number of rotatable bonds is 4. The topological polar surface area (TPSA) is 82.7 Å². The van der Waals surface area contributed by atoms with Crippen molar-refractivity contribution >= 4 is 28.5 Å². The van der Waals surface area contributed by atoms with Crippen molar-refractivity contribution in [3.05, 3.63) is 65.9 Å². The van der Waals surface area contributed by atoms with E-state index < -0.39 is 11.7 Å². The van der Waals surface area contributed by atoms with Crippen LogP contribution in [0.25, 0.3) is 10.9 Å². The van der Waals surface area contributed by atoms with Crippen LogP contribution >= 0.6 is 0 Å². The molecular formula is C22H21N3O4. The number of ketones is 1. The van der Waals surface area contributed by atoms with Crippen LogP contribution in [0, 0.1) is 0 Å². The fraction of sp³-hybridized carbons (Fsp3) is 0.227. The predicted molar refractivity (Wildman–Crippen MR) is 108 cm³/mol. The highest BCUT2D eigenvalue weighted by Gasteiger charge is 2.30. The molecule has 0 atom stereocenters. The SMILES string of the molecule is COc1cccc2[nH]cc(C(=O)C(=O)N3CCN(C(=O)c4ccccc4)CC3)c12. The molecule has 0 aliphatic carbocycles. The van der Waals surface area contributed by atoms with Gasteiger partial charge in [0.05, 0.1) is 18.1 Å². The fourth-order valence-electron chi connectivity index (χ4n) is 3.64. The Labute approximate surface area is 167 Å². The van der Waals surface area contributed by atoms with Crippen molar-refractivity contribution in [2.45, 2.75) is 0 Å². The van der Waals surface area contributed by atoms with E-state index in [1.165, 1.54) is 12.0 Å². The Morgan fingerprint density at radius 1 is 0.897 bits per heavy atom. The smallest absolute Gasteiger partial charge is 0.295 e. The summed E-state index contributed by atoms with van der Waals surface area (Å²) in [4.78, 5) is 44.5. The molecule has 0 radical (unpaired) electrons. The van der Waals surface area contributed by atoms with Crippen LogP contribution in [0.1, 0.15) is 20.7 Å². The number of methoxy groups -OCH3 is 1. The Hall–Kier alpha value is -3.61. The number of hydrogen-bond donors (Lipinski definition) is 1. The van der Waals surface area contributed by atoms with E-state index in [1.807, 2.05) is 30.3 Å². The van der Waals surface area contributed by atoms with Gasteiger partial charge in [-0.2, -0.15) is 0 Å². The van der Waals surface area contributed by atoms with Gasteiger partial charge in [0.15, 0.2) is 0 Å². The maximum atomic E-state index is 12.9. The number of Topliss-reactive ketones (excluding diaryl/α,β-unsaturated/α-hetero) is 1. The minimum atomic E-state index is -0.580. The van der Waals surface area contributed by atoms with Gasteiger partial charge in [-0.3, -0.25) is 14.4 Å². The minimum absolute atomic E-state index is 0.0645. The first-order valence-electron chi connectivity index (χ1n) is 9.42. The van der Waals surface area contributed by atoms with Crippen molar-refractivity contribution in [2.75, 3.05) is 33.3 Å². The molecule has 4 rings (SSSR count). The molecule has 29 heavy (non-hydrogen) atoms. The molecule has 0 bridgehead atoms. The number of aromatic nitrogens is 1. The highest BCUT2D eigenvalue weighted by molar-refractivity contribution is 6.45. The van der Waals surface area contributed by atoms with E-state index in [4.69, 9.17) is 4.74 Å². The molecule has 1 aliphatic heterocycles. The summed E-state index contributed by atoms with van der Waals surface area (Å²) < 4.78 is 5.34. The fourth-order valence-corrected chi connectivity index (χ4v) is 3.64. The lowest BCUT2D eigenvalue weighted by molar-refractivity contribution is -0.127. The van der Waals surface area contributed by atoms with Crippen LogP contribution < -0.4 is 4.74 Å². The number of H-pyrrole nitrogens is 1. The van der Waals surface area contributed by atoms with Crippen molar-refractivity contribution in [2.24, 2.45) is 0 Å². The molecular weight excluding hydrogens is 370 g/mol. The van der Waals surface area contributed by atoms with Crippen molar-refractivity contribution in [3.8, 4) is 5.75 Å². The van der Waals surface area contributed by atoms with Gasteiger partial charge in [-0.1, -0.05) is 24.3 Å². The standard InChI is InChI=1S/C22H21N3O4/c1-29-18-9-5-8-17-19(18)16(14-23-17)20(26)22(28)25-12-10-24(11-13-25)21(27)15-6-3-2-4-7-15/h2-9,14,23H,10-13H2,1H3. The Balaban J connectivity index is 1.46. The summed E-state index contributed by atoms with van der Waals surface area (Å²) in [6, 6.07) is 14.4. The van der Waals surface area contributed by atoms with Gasteiger partial charge >= 0.3 is 0 Å². The number of carbonyl (C=O) groups is 3. The Kier molecular flexibility index (Phi) is 5.03. The molecule has 2 heterocycles. The molecule has 2 aromatic carbocycles. The number of fused-ring (bicyclic) bond motifs is 1. The molecule has 2 amide bonds. The van der Waals surface area contributed by atoms with Crippen molar-refractivity contribution < 1.29 is 19.1 Å². The summed E-state index contributed by atoms with van der Waals surface area (Å²) in [7, 11) is 1.53. The number of amides is 2. The summed E-state index contributed by atoms with van der Waals surface area (Å²) >= 11 is 0.